The first-order valence-corrected chi connectivity index (χ1v) is 11.7. The molecule has 7 nitrogen and oxygen atoms in total. The number of hydrogen-bond donors (Lipinski definition) is 0. The fourth-order valence-electron chi connectivity index (χ4n) is 4.35. The summed E-state index contributed by atoms with van der Waals surface area (Å²) in [5.41, 5.74) is 2.23. The van der Waals surface area contributed by atoms with Gasteiger partial charge in [0.2, 0.25) is 0 Å². The number of fused-ring (bicyclic) bond motifs is 1. The Morgan fingerprint density at radius 3 is 2.61 bits per heavy atom. The molecule has 11 heteroatoms. The Bertz CT molecular complexity index is 1410. The zero-order valence-corrected chi connectivity index (χ0v) is 19.9. The number of aromatic nitrogens is 3. The second kappa shape index (κ2) is 9.42. The van der Waals surface area contributed by atoms with Crippen molar-refractivity contribution in [3.63, 3.8) is 0 Å². The number of carbonyl (C=O) groups is 1. The second-order valence-electron chi connectivity index (χ2n) is 8.56. The van der Waals surface area contributed by atoms with Gasteiger partial charge in [0.15, 0.2) is 11.4 Å². The summed E-state index contributed by atoms with van der Waals surface area (Å²) in [5.74, 6) is -0.458. The van der Waals surface area contributed by atoms with Crippen LogP contribution in [0, 0.1) is 6.92 Å². The third kappa shape index (κ3) is 4.73. The number of alkyl halides is 3. The van der Waals surface area contributed by atoms with Crippen LogP contribution in [0.1, 0.15) is 22.3 Å². The number of nitrogens with zero attached hydrogens (tertiary/aromatic N) is 5. The molecule has 1 aliphatic rings. The predicted octanol–water partition coefficient (Wildman–Crippen LogP) is 5.53. The van der Waals surface area contributed by atoms with Gasteiger partial charge in [-0.05, 0) is 43.7 Å². The van der Waals surface area contributed by atoms with E-state index in [0.717, 1.165) is 10.5 Å². The molecule has 1 aliphatic heterocycles. The SMILES string of the molecule is Cc1ccc(-c2ncccn2)c(C(=O)N2CCN(c3nc4cc(Cl)ccc4o3)CC[C@H]2C(F)(F)F)c1. The Hall–Kier alpha value is -3.66. The molecule has 1 atom stereocenters. The number of aryl methyl sites for hydroxylation is 1. The van der Waals surface area contributed by atoms with Crippen molar-refractivity contribution in [3.8, 4) is 11.4 Å². The van der Waals surface area contributed by atoms with Crippen LogP contribution in [0.3, 0.4) is 0 Å². The summed E-state index contributed by atoms with van der Waals surface area (Å²) < 4.78 is 48.4. The molecule has 2 aromatic carbocycles. The Labute approximate surface area is 209 Å². The topological polar surface area (TPSA) is 75.4 Å². The Morgan fingerprint density at radius 1 is 1.08 bits per heavy atom. The molecule has 0 saturated carbocycles. The highest BCUT2D eigenvalue weighted by atomic mass is 35.5. The molecular formula is C25H21ClF3N5O2. The van der Waals surface area contributed by atoms with Gasteiger partial charge in [-0.2, -0.15) is 18.2 Å². The molecule has 1 fully saturated rings. The van der Waals surface area contributed by atoms with E-state index in [2.05, 4.69) is 15.0 Å². The van der Waals surface area contributed by atoms with Gasteiger partial charge in [-0.25, -0.2) is 9.97 Å². The number of anilines is 1. The van der Waals surface area contributed by atoms with Crippen molar-refractivity contribution in [2.45, 2.75) is 25.6 Å². The highest BCUT2D eigenvalue weighted by molar-refractivity contribution is 6.31. The standard InChI is InChI=1S/C25H21ClF3N5O2/c1-15-3-5-17(22-30-8-2-9-31-22)18(13-15)23(35)34-12-11-33(10-7-21(34)25(27,28)29)24-32-19-14-16(26)4-6-20(19)36-24/h2-6,8-9,13-14,21H,7,10-12H2,1H3/t21-/m0/s1. The van der Waals surface area contributed by atoms with Gasteiger partial charge in [-0.1, -0.05) is 29.3 Å². The van der Waals surface area contributed by atoms with Crippen LogP contribution in [-0.2, 0) is 0 Å². The molecule has 4 aromatic rings. The van der Waals surface area contributed by atoms with Crippen LogP contribution in [0.5, 0.6) is 0 Å². The van der Waals surface area contributed by atoms with Gasteiger partial charge >= 0.3 is 6.18 Å². The molecule has 2 aromatic heterocycles. The first kappa shape index (κ1) is 24.1. The molecule has 0 N–H and O–H groups in total. The highest BCUT2D eigenvalue weighted by Crippen LogP contribution is 2.33. The molecule has 3 heterocycles. The Kier molecular flexibility index (Phi) is 6.29. The Balaban J connectivity index is 1.49. The van der Waals surface area contributed by atoms with Crippen LogP contribution in [-0.4, -0.2) is 57.6 Å². The number of halogens is 4. The maximum Gasteiger partial charge on any atom is 0.408 e. The van der Waals surface area contributed by atoms with Gasteiger partial charge in [-0.3, -0.25) is 4.79 Å². The lowest BCUT2D eigenvalue weighted by Crippen LogP contribution is -2.49. The van der Waals surface area contributed by atoms with Crippen LogP contribution >= 0.6 is 11.6 Å². The minimum atomic E-state index is -4.62. The van der Waals surface area contributed by atoms with E-state index in [-0.39, 0.29) is 43.5 Å². The van der Waals surface area contributed by atoms with E-state index in [1.165, 1.54) is 12.4 Å². The molecule has 0 bridgehead atoms. The minimum Gasteiger partial charge on any atom is -0.423 e. The smallest absolute Gasteiger partial charge is 0.408 e. The predicted molar refractivity (Wildman–Crippen MR) is 129 cm³/mol. The number of oxazole rings is 1. The minimum absolute atomic E-state index is 0.0109. The molecule has 0 unspecified atom stereocenters. The number of carbonyl (C=O) groups excluding carboxylic acids is 1. The third-order valence-electron chi connectivity index (χ3n) is 6.12. The van der Waals surface area contributed by atoms with Crippen LogP contribution in [0.15, 0.2) is 59.3 Å². The monoisotopic (exact) mass is 515 g/mol. The maximum atomic E-state index is 14.2. The van der Waals surface area contributed by atoms with Crippen LogP contribution in [0.4, 0.5) is 19.2 Å². The summed E-state index contributed by atoms with van der Waals surface area (Å²) in [6, 6.07) is 9.79. The normalized spacial score (nSPS) is 16.9. The molecule has 0 radical (unpaired) electrons. The number of hydrogen-bond acceptors (Lipinski definition) is 6. The van der Waals surface area contributed by atoms with Gasteiger partial charge in [0, 0.05) is 42.6 Å². The van der Waals surface area contributed by atoms with E-state index in [1.54, 1.807) is 54.3 Å². The molecule has 5 rings (SSSR count). The zero-order chi connectivity index (χ0) is 25.4. The van der Waals surface area contributed by atoms with Crippen molar-refractivity contribution in [2.24, 2.45) is 0 Å². The van der Waals surface area contributed by atoms with Gasteiger partial charge in [0.25, 0.3) is 11.9 Å². The van der Waals surface area contributed by atoms with E-state index in [1.807, 2.05) is 0 Å². The van der Waals surface area contributed by atoms with Crippen molar-refractivity contribution >= 4 is 34.6 Å². The quantitative estimate of drug-likeness (QED) is 0.357. The van der Waals surface area contributed by atoms with Gasteiger partial charge in [0.05, 0.1) is 5.56 Å². The van der Waals surface area contributed by atoms with Gasteiger partial charge in [0.1, 0.15) is 11.6 Å². The maximum absolute atomic E-state index is 14.2. The summed E-state index contributed by atoms with van der Waals surface area (Å²) in [5, 5.41) is 0.475. The van der Waals surface area contributed by atoms with E-state index in [0.29, 0.717) is 21.7 Å². The lowest BCUT2D eigenvalue weighted by atomic mass is 10.0. The van der Waals surface area contributed by atoms with E-state index < -0.39 is 18.1 Å². The van der Waals surface area contributed by atoms with Gasteiger partial charge in [-0.15, -0.1) is 0 Å². The zero-order valence-electron chi connectivity index (χ0n) is 19.2. The molecule has 0 spiro atoms. The van der Waals surface area contributed by atoms with Crippen molar-refractivity contribution < 1.29 is 22.4 Å². The van der Waals surface area contributed by atoms with Crippen molar-refractivity contribution in [3.05, 3.63) is 71.0 Å². The first-order valence-electron chi connectivity index (χ1n) is 11.3. The summed E-state index contributed by atoms with van der Waals surface area (Å²) in [6.45, 7) is 1.72. The third-order valence-corrected chi connectivity index (χ3v) is 6.35. The second-order valence-corrected chi connectivity index (χ2v) is 9.00. The fraction of sp³-hybridized carbons (Fsp3) is 0.280. The van der Waals surface area contributed by atoms with Crippen LogP contribution < -0.4 is 4.90 Å². The van der Waals surface area contributed by atoms with E-state index >= 15 is 0 Å². The molecule has 0 aliphatic carbocycles. The van der Waals surface area contributed by atoms with Crippen molar-refractivity contribution in [1.82, 2.24) is 19.9 Å². The lowest BCUT2D eigenvalue weighted by molar-refractivity contribution is -0.176. The van der Waals surface area contributed by atoms with Crippen LogP contribution in [0.2, 0.25) is 5.02 Å². The van der Waals surface area contributed by atoms with Gasteiger partial charge < -0.3 is 14.2 Å². The van der Waals surface area contributed by atoms with E-state index in [9.17, 15) is 18.0 Å². The fourth-order valence-corrected chi connectivity index (χ4v) is 4.52. The average molecular weight is 516 g/mol. The first-order chi connectivity index (χ1) is 17.2. The highest BCUT2D eigenvalue weighted by Gasteiger charge is 2.47. The molecule has 1 saturated heterocycles. The van der Waals surface area contributed by atoms with Crippen molar-refractivity contribution in [2.75, 3.05) is 24.5 Å². The summed E-state index contributed by atoms with van der Waals surface area (Å²) in [4.78, 5) is 29.0. The molecule has 1 amide bonds. The van der Waals surface area contributed by atoms with Crippen LogP contribution in [0.25, 0.3) is 22.5 Å². The summed E-state index contributed by atoms with van der Waals surface area (Å²) in [7, 11) is 0. The number of rotatable bonds is 3. The summed E-state index contributed by atoms with van der Waals surface area (Å²) >= 11 is 6.02. The van der Waals surface area contributed by atoms with E-state index in [4.69, 9.17) is 16.0 Å². The Morgan fingerprint density at radius 2 is 1.86 bits per heavy atom. The molecular weight excluding hydrogens is 495 g/mol. The average Bonchev–Trinajstić information content (AvgIpc) is 3.12. The number of benzene rings is 2. The molecule has 186 valence electrons. The molecule has 36 heavy (non-hydrogen) atoms. The van der Waals surface area contributed by atoms with Crippen molar-refractivity contribution in [1.29, 1.82) is 0 Å². The largest absolute Gasteiger partial charge is 0.423 e. The summed E-state index contributed by atoms with van der Waals surface area (Å²) in [6.07, 6.45) is -1.91. The number of amides is 1. The lowest BCUT2D eigenvalue weighted by Gasteiger charge is -2.31.